The summed E-state index contributed by atoms with van der Waals surface area (Å²) >= 11 is 1.33. The fraction of sp³-hybridized carbons (Fsp3) is 0.625. The van der Waals surface area contributed by atoms with Crippen LogP contribution in [0.15, 0.2) is 9.64 Å². The van der Waals surface area contributed by atoms with Gasteiger partial charge in [0.25, 0.3) is 5.22 Å². The summed E-state index contributed by atoms with van der Waals surface area (Å²) in [5, 5.41) is 11.0. The van der Waals surface area contributed by atoms with Gasteiger partial charge in [-0.25, -0.2) is 0 Å². The lowest BCUT2D eigenvalue weighted by molar-refractivity contribution is 0.0690. The van der Waals surface area contributed by atoms with Gasteiger partial charge in [-0.1, -0.05) is 11.8 Å². The number of nitrogens with zero attached hydrogens (tertiary/aromatic N) is 3. The van der Waals surface area contributed by atoms with Crippen LogP contribution in [-0.4, -0.2) is 53.4 Å². The number of thioether (sulfide) groups is 1. The van der Waals surface area contributed by atoms with Crippen molar-refractivity contribution in [3.63, 3.8) is 0 Å². The maximum Gasteiger partial charge on any atom is 0.311 e. The van der Waals surface area contributed by atoms with Gasteiger partial charge in [0, 0.05) is 26.2 Å². The topological polar surface area (TPSA) is 71.3 Å². The number of rotatable bonds is 2. The van der Waals surface area contributed by atoms with Crippen LogP contribution in [0, 0.1) is 0 Å². The highest BCUT2D eigenvalue weighted by molar-refractivity contribution is 7.98. The monoisotopic (exact) mass is 264 g/mol. The first kappa shape index (κ1) is 13.3. The standard InChI is InChI=1S/C8H12N4O2S.ClH/c1-15-8-11-10-6(14-8)7(13)12-4-2-9-3-5-12;/h9H,2-5H2,1H3;1H. The number of piperazine rings is 1. The normalized spacial score (nSPS) is 15.7. The number of hydrogen-bond acceptors (Lipinski definition) is 6. The minimum absolute atomic E-state index is 0. The van der Waals surface area contributed by atoms with Gasteiger partial charge < -0.3 is 14.6 Å². The minimum Gasteiger partial charge on any atom is -0.407 e. The average molecular weight is 265 g/mol. The lowest BCUT2D eigenvalue weighted by Gasteiger charge is -2.25. The molecule has 0 saturated carbocycles. The van der Waals surface area contributed by atoms with E-state index in [4.69, 9.17) is 4.42 Å². The van der Waals surface area contributed by atoms with Crippen LogP contribution in [0.5, 0.6) is 0 Å². The lowest BCUT2D eigenvalue weighted by atomic mass is 10.3. The van der Waals surface area contributed by atoms with Crippen LogP contribution in [0.1, 0.15) is 10.7 Å². The minimum atomic E-state index is -0.177. The Kier molecular flexibility index (Phi) is 5.04. The van der Waals surface area contributed by atoms with Crippen molar-refractivity contribution >= 4 is 30.1 Å². The quantitative estimate of drug-likeness (QED) is 0.773. The van der Waals surface area contributed by atoms with Crippen molar-refractivity contribution in [2.45, 2.75) is 5.22 Å². The molecule has 1 aromatic rings. The Morgan fingerprint density at radius 2 is 2.12 bits per heavy atom. The van der Waals surface area contributed by atoms with E-state index < -0.39 is 0 Å². The van der Waals surface area contributed by atoms with Crippen LogP contribution >= 0.6 is 24.2 Å². The maximum atomic E-state index is 11.8. The molecule has 0 aromatic carbocycles. The highest BCUT2D eigenvalue weighted by atomic mass is 35.5. The first-order valence-electron chi connectivity index (χ1n) is 4.69. The van der Waals surface area contributed by atoms with E-state index in [0.29, 0.717) is 18.3 Å². The number of carbonyl (C=O) groups excluding carboxylic acids is 1. The van der Waals surface area contributed by atoms with Crippen molar-refractivity contribution in [2.75, 3.05) is 32.4 Å². The summed E-state index contributed by atoms with van der Waals surface area (Å²) in [7, 11) is 0. The molecule has 1 aromatic heterocycles. The van der Waals surface area contributed by atoms with E-state index in [1.54, 1.807) is 4.90 Å². The van der Waals surface area contributed by atoms with E-state index in [1.165, 1.54) is 11.8 Å². The molecule has 0 aliphatic carbocycles. The summed E-state index contributed by atoms with van der Waals surface area (Å²) < 4.78 is 5.18. The fourth-order valence-electron chi connectivity index (χ4n) is 1.38. The van der Waals surface area contributed by atoms with Crippen molar-refractivity contribution in [2.24, 2.45) is 0 Å². The molecule has 0 radical (unpaired) electrons. The molecule has 1 amide bonds. The molecule has 0 spiro atoms. The van der Waals surface area contributed by atoms with Gasteiger partial charge in [0.15, 0.2) is 0 Å². The molecule has 1 saturated heterocycles. The Hall–Kier alpha value is -0.790. The van der Waals surface area contributed by atoms with E-state index in [9.17, 15) is 4.79 Å². The van der Waals surface area contributed by atoms with Crippen molar-refractivity contribution in [3.8, 4) is 0 Å². The molecule has 2 rings (SSSR count). The van der Waals surface area contributed by atoms with Crippen LogP contribution in [0.2, 0.25) is 0 Å². The molecule has 2 heterocycles. The zero-order valence-electron chi connectivity index (χ0n) is 8.80. The predicted molar refractivity (Wildman–Crippen MR) is 62.1 cm³/mol. The zero-order chi connectivity index (χ0) is 10.7. The SMILES string of the molecule is CSc1nnc(C(=O)N2CCNCC2)o1.Cl. The van der Waals surface area contributed by atoms with Crippen molar-refractivity contribution in [3.05, 3.63) is 5.89 Å². The van der Waals surface area contributed by atoms with Crippen molar-refractivity contribution in [1.82, 2.24) is 20.4 Å². The summed E-state index contributed by atoms with van der Waals surface area (Å²) in [6, 6.07) is 0. The summed E-state index contributed by atoms with van der Waals surface area (Å²) in [6.07, 6.45) is 1.83. The molecular formula is C8H13ClN4O2S. The molecule has 1 fully saturated rings. The van der Waals surface area contributed by atoms with Gasteiger partial charge in [-0.05, 0) is 6.26 Å². The Morgan fingerprint density at radius 1 is 1.44 bits per heavy atom. The molecule has 16 heavy (non-hydrogen) atoms. The van der Waals surface area contributed by atoms with Crippen LogP contribution in [0.4, 0.5) is 0 Å². The highest BCUT2D eigenvalue weighted by Crippen LogP contribution is 2.13. The van der Waals surface area contributed by atoms with Crippen LogP contribution in [-0.2, 0) is 0 Å². The molecule has 8 heteroatoms. The van der Waals surface area contributed by atoms with Gasteiger partial charge in [-0.2, -0.15) is 0 Å². The van der Waals surface area contributed by atoms with E-state index in [-0.39, 0.29) is 24.2 Å². The number of carbonyl (C=O) groups is 1. The average Bonchev–Trinajstić information content (AvgIpc) is 2.78. The number of halogens is 1. The largest absolute Gasteiger partial charge is 0.407 e. The lowest BCUT2D eigenvalue weighted by Crippen LogP contribution is -2.46. The Balaban J connectivity index is 0.00000128. The van der Waals surface area contributed by atoms with E-state index in [1.807, 2.05) is 6.26 Å². The second-order valence-electron chi connectivity index (χ2n) is 3.12. The zero-order valence-corrected chi connectivity index (χ0v) is 10.4. The molecule has 0 bridgehead atoms. The summed E-state index contributed by atoms with van der Waals surface area (Å²) in [4.78, 5) is 13.5. The smallest absolute Gasteiger partial charge is 0.311 e. The van der Waals surface area contributed by atoms with Crippen LogP contribution in [0.3, 0.4) is 0 Å². The van der Waals surface area contributed by atoms with Crippen LogP contribution < -0.4 is 5.32 Å². The van der Waals surface area contributed by atoms with Gasteiger partial charge in [0.05, 0.1) is 0 Å². The van der Waals surface area contributed by atoms with Crippen molar-refractivity contribution in [1.29, 1.82) is 0 Å². The second kappa shape index (κ2) is 6.07. The number of nitrogens with one attached hydrogen (secondary N) is 1. The Bertz CT molecular complexity index is 354. The highest BCUT2D eigenvalue weighted by Gasteiger charge is 2.22. The summed E-state index contributed by atoms with van der Waals surface area (Å²) in [5.41, 5.74) is 0. The number of amides is 1. The Labute approximate surface area is 104 Å². The Morgan fingerprint density at radius 3 is 2.69 bits per heavy atom. The van der Waals surface area contributed by atoms with Gasteiger partial charge in [0.2, 0.25) is 0 Å². The summed E-state index contributed by atoms with van der Waals surface area (Å²) in [6.45, 7) is 3.01. The van der Waals surface area contributed by atoms with E-state index in [0.717, 1.165) is 13.1 Å². The first-order valence-corrected chi connectivity index (χ1v) is 5.91. The molecule has 1 N–H and O–H groups in total. The van der Waals surface area contributed by atoms with Gasteiger partial charge in [-0.3, -0.25) is 4.79 Å². The molecule has 1 aliphatic rings. The molecule has 6 nitrogen and oxygen atoms in total. The van der Waals surface area contributed by atoms with E-state index >= 15 is 0 Å². The third-order valence-corrected chi connectivity index (χ3v) is 2.68. The third-order valence-electron chi connectivity index (χ3n) is 2.17. The molecule has 0 atom stereocenters. The number of aromatic nitrogens is 2. The molecule has 0 unspecified atom stereocenters. The van der Waals surface area contributed by atoms with Gasteiger partial charge >= 0.3 is 11.8 Å². The molecular weight excluding hydrogens is 252 g/mol. The first-order chi connectivity index (χ1) is 7.31. The van der Waals surface area contributed by atoms with Crippen LogP contribution in [0.25, 0.3) is 0 Å². The number of hydrogen-bond donors (Lipinski definition) is 1. The van der Waals surface area contributed by atoms with Gasteiger partial charge in [-0.15, -0.1) is 22.6 Å². The summed E-state index contributed by atoms with van der Waals surface area (Å²) in [5.74, 6) is -0.0921. The predicted octanol–water partition coefficient (Wildman–Crippen LogP) is 0.259. The maximum absolute atomic E-state index is 11.8. The van der Waals surface area contributed by atoms with E-state index in [2.05, 4.69) is 15.5 Å². The van der Waals surface area contributed by atoms with Crippen molar-refractivity contribution < 1.29 is 9.21 Å². The third kappa shape index (κ3) is 2.87. The fourth-order valence-corrected chi connectivity index (χ4v) is 1.67. The van der Waals surface area contributed by atoms with Gasteiger partial charge in [0.1, 0.15) is 0 Å². The second-order valence-corrected chi connectivity index (χ2v) is 3.88. The molecule has 1 aliphatic heterocycles. The molecule has 90 valence electrons.